The maximum absolute atomic E-state index is 14.4. The molecular formula is C20H17FN2. The van der Waals surface area contributed by atoms with Gasteiger partial charge in [-0.1, -0.05) is 42.5 Å². The normalized spacial score (nSPS) is 25.2. The molecule has 2 N–H and O–H groups in total. The van der Waals surface area contributed by atoms with Crippen LogP contribution in [0.15, 0.2) is 60.8 Å². The van der Waals surface area contributed by atoms with Crippen LogP contribution in [0.2, 0.25) is 0 Å². The molecule has 3 atom stereocenters. The second kappa shape index (κ2) is 4.72. The summed E-state index contributed by atoms with van der Waals surface area (Å²) in [5, 5.41) is 4.71. The lowest BCUT2D eigenvalue weighted by molar-refractivity contribution is 0.422. The van der Waals surface area contributed by atoms with Crippen molar-refractivity contribution in [3.8, 4) is 0 Å². The van der Waals surface area contributed by atoms with Crippen LogP contribution < -0.4 is 5.32 Å². The van der Waals surface area contributed by atoms with E-state index in [-0.39, 0.29) is 11.9 Å². The molecule has 1 aliphatic carbocycles. The molecule has 2 aliphatic rings. The van der Waals surface area contributed by atoms with Crippen LogP contribution in [0.5, 0.6) is 0 Å². The molecule has 0 spiro atoms. The van der Waals surface area contributed by atoms with Crippen molar-refractivity contribution in [2.45, 2.75) is 18.4 Å². The van der Waals surface area contributed by atoms with Crippen molar-refractivity contribution in [2.24, 2.45) is 5.92 Å². The third kappa shape index (κ3) is 1.79. The van der Waals surface area contributed by atoms with E-state index in [0.29, 0.717) is 17.5 Å². The van der Waals surface area contributed by atoms with Gasteiger partial charge in [-0.25, -0.2) is 4.39 Å². The molecule has 114 valence electrons. The van der Waals surface area contributed by atoms with E-state index in [9.17, 15) is 4.39 Å². The lowest BCUT2D eigenvalue weighted by atomic mass is 9.77. The van der Waals surface area contributed by atoms with E-state index in [4.69, 9.17) is 0 Å². The largest absolute Gasteiger partial charge is 0.375 e. The molecule has 2 heterocycles. The van der Waals surface area contributed by atoms with Gasteiger partial charge in [0.25, 0.3) is 0 Å². The minimum Gasteiger partial charge on any atom is -0.375 e. The number of anilines is 1. The number of allylic oxidation sites excluding steroid dienone is 2. The minimum absolute atomic E-state index is 0.121. The van der Waals surface area contributed by atoms with Crippen LogP contribution in [-0.2, 0) is 0 Å². The zero-order valence-electron chi connectivity index (χ0n) is 12.6. The summed E-state index contributed by atoms with van der Waals surface area (Å²) in [4.78, 5) is 3.35. The fraction of sp³-hybridized carbons (Fsp3) is 0.200. The van der Waals surface area contributed by atoms with Crippen LogP contribution in [0.1, 0.15) is 29.5 Å². The Morgan fingerprint density at radius 3 is 2.87 bits per heavy atom. The van der Waals surface area contributed by atoms with Crippen LogP contribution >= 0.6 is 0 Å². The Bertz CT molecular complexity index is 924. The monoisotopic (exact) mass is 304 g/mol. The SMILES string of the molecule is Fc1cccc2c1NC(c1c[nH]c3ccccc13)C1CC=CC21. The Labute approximate surface area is 134 Å². The molecule has 0 bridgehead atoms. The van der Waals surface area contributed by atoms with Crippen molar-refractivity contribution < 1.29 is 4.39 Å². The van der Waals surface area contributed by atoms with Gasteiger partial charge in [0.15, 0.2) is 0 Å². The van der Waals surface area contributed by atoms with E-state index in [1.807, 2.05) is 18.2 Å². The predicted molar refractivity (Wildman–Crippen MR) is 91.1 cm³/mol. The summed E-state index contributed by atoms with van der Waals surface area (Å²) in [7, 11) is 0. The Kier molecular flexibility index (Phi) is 2.66. The van der Waals surface area contributed by atoms with Crippen LogP contribution in [0.25, 0.3) is 10.9 Å². The van der Waals surface area contributed by atoms with E-state index in [1.165, 1.54) is 17.0 Å². The number of rotatable bonds is 1. The number of para-hydroxylation sites is 2. The highest BCUT2D eigenvalue weighted by molar-refractivity contribution is 5.84. The zero-order valence-corrected chi connectivity index (χ0v) is 12.6. The Morgan fingerprint density at radius 1 is 1.00 bits per heavy atom. The summed E-state index contributed by atoms with van der Waals surface area (Å²) >= 11 is 0. The van der Waals surface area contributed by atoms with Crippen molar-refractivity contribution in [2.75, 3.05) is 5.32 Å². The highest BCUT2D eigenvalue weighted by atomic mass is 19.1. The van der Waals surface area contributed by atoms with Crippen molar-refractivity contribution in [1.29, 1.82) is 0 Å². The fourth-order valence-electron chi connectivity index (χ4n) is 4.24. The van der Waals surface area contributed by atoms with Gasteiger partial charge in [0.05, 0.1) is 11.7 Å². The van der Waals surface area contributed by atoms with E-state index in [2.05, 4.69) is 46.8 Å². The van der Waals surface area contributed by atoms with E-state index >= 15 is 0 Å². The molecule has 1 aromatic heterocycles. The van der Waals surface area contributed by atoms with E-state index < -0.39 is 0 Å². The number of fused-ring (bicyclic) bond motifs is 4. The first-order chi connectivity index (χ1) is 11.3. The summed E-state index contributed by atoms with van der Waals surface area (Å²) in [6.45, 7) is 0. The van der Waals surface area contributed by atoms with Crippen LogP contribution in [0.3, 0.4) is 0 Å². The molecule has 0 amide bonds. The first-order valence-corrected chi connectivity index (χ1v) is 8.10. The average molecular weight is 304 g/mol. The third-order valence-corrected chi connectivity index (χ3v) is 5.30. The number of hydrogen-bond donors (Lipinski definition) is 2. The van der Waals surface area contributed by atoms with Gasteiger partial charge in [-0.05, 0) is 35.6 Å². The highest BCUT2D eigenvalue weighted by Crippen LogP contribution is 2.51. The van der Waals surface area contributed by atoms with Gasteiger partial charge in [0.2, 0.25) is 0 Å². The quantitative estimate of drug-likeness (QED) is 0.599. The second-order valence-corrected chi connectivity index (χ2v) is 6.47. The minimum atomic E-state index is -0.161. The van der Waals surface area contributed by atoms with Crippen molar-refractivity contribution in [3.63, 3.8) is 0 Å². The topological polar surface area (TPSA) is 27.8 Å². The summed E-state index contributed by atoms with van der Waals surface area (Å²) < 4.78 is 14.4. The highest BCUT2D eigenvalue weighted by Gasteiger charge is 2.39. The van der Waals surface area contributed by atoms with Crippen LogP contribution in [0.4, 0.5) is 10.1 Å². The average Bonchev–Trinajstić information content (AvgIpc) is 3.22. The first kappa shape index (κ1) is 12.9. The van der Waals surface area contributed by atoms with Crippen LogP contribution in [0, 0.1) is 11.7 Å². The van der Waals surface area contributed by atoms with Crippen LogP contribution in [-0.4, -0.2) is 4.98 Å². The van der Waals surface area contributed by atoms with Gasteiger partial charge < -0.3 is 10.3 Å². The molecule has 3 unspecified atom stereocenters. The first-order valence-electron chi connectivity index (χ1n) is 8.10. The summed E-state index contributed by atoms with van der Waals surface area (Å²) in [6, 6.07) is 13.8. The number of halogens is 1. The van der Waals surface area contributed by atoms with Crippen molar-refractivity contribution in [3.05, 3.63) is 77.8 Å². The van der Waals surface area contributed by atoms with E-state index in [1.54, 1.807) is 0 Å². The lowest BCUT2D eigenvalue weighted by Gasteiger charge is -2.37. The molecule has 5 rings (SSSR count). The summed E-state index contributed by atoms with van der Waals surface area (Å²) in [5.41, 5.74) is 4.11. The molecule has 1 aliphatic heterocycles. The molecule has 2 aromatic carbocycles. The number of benzene rings is 2. The molecular weight excluding hydrogens is 287 g/mol. The Morgan fingerprint density at radius 2 is 1.91 bits per heavy atom. The fourth-order valence-corrected chi connectivity index (χ4v) is 4.24. The van der Waals surface area contributed by atoms with Gasteiger partial charge in [0.1, 0.15) is 5.82 Å². The lowest BCUT2D eigenvalue weighted by Crippen LogP contribution is -2.29. The van der Waals surface area contributed by atoms with Gasteiger partial charge in [-0.2, -0.15) is 0 Å². The Hall–Kier alpha value is -2.55. The Balaban J connectivity index is 1.69. The third-order valence-electron chi connectivity index (χ3n) is 5.30. The molecule has 3 aromatic rings. The van der Waals surface area contributed by atoms with Crippen molar-refractivity contribution in [1.82, 2.24) is 4.98 Å². The van der Waals surface area contributed by atoms with E-state index in [0.717, 1.165) is 17.5 Å². The number of aromatic amines is 1. The molecule has 0 radical (unpaired) electrons. The zero-order chi connectivity index (χ0) is 15.4. The summed E-state index contributed by atoms with van der Waals surface area (Å²) in [6.07, 6.45) is 7.58. The van der Waals surface area contributed by atoms with Gasteiger partial charge in [0, 0.05) is 23.0 Å². The molecule has 0 saturated heterocycles. The molecule has 2 nitrogen and oxygen atoms in total. The second-order valence-electron chi connectivity index (χ2n) is 6.47. The maximum atomic E-state index is 14.4. The maximum Gasteiger partial charge on any atom is 0.146 e. The number of aromatic nitrogens is 1. The number of H-pyrrole nitrogens is 1. The standard InChI is InChI=1S/C20H17FN2/c21-17-9-4-8-15-12-6-3-7-14(12)19(23-20(15)17)16-11-22-18-10-2-1-5-13(16)18/h1-6,8-12,14,19,22-23H,7H2. The summed E-state index contributed by atoms with van der Waals surface area (Å²) in [5.74, 6) is 0.565. The number of nitrogens with one attached hydrogen (secondary N) is 2. The molecule has 3 heteroatoms. The van der Waals surface area contributed by atoms with Gasteiger partial charge in [-0.3, -0.25) is 0 Å². The molecule has 0 saturated carbocycles. The van der Waals surface area contributed by atoms with Gasteiger partial charge >= 0.3 is 0 Å². The van der Waals surface area contributed by atoms with Gasteiger partial charge in [-0.15, -0.1) is 0 Å². The molecule has 23 heavy (non-hydrogen) atoms. The number of hydrogen-bond acceptors (Lipinski definition) is 1. The van der Waals surface area contributed by atoms with Crippen molar-refractivity contribution >= 4 is 16.6 Å². The smallest absolute Gasteiger partial charge is 0.146 e. The molecule has 0 fully saturated rings. The predicted octanol–water partition coefficient (Wildman–Crippen LogP) is 5.13.